The van der Waals surface area contributed by atoms with Gasteiger partial charge in [0.05, 0.1) is 0 Å². The van der Waals surface area contributed by atoms with Gasteiger partial charge in [0.25, 0.3) is 0 Å². The van der Waals surface area contributed by atoms with Crippen molar-refractivity contribution in [3.05, 3.63) is 0 Å². The molecule has 0 aromatic carbocycles. The van der Waals surface area contributed by atoms with Crippen LogP contribution in [0.15, 0.2) is 0 Å². The van der Waals surface area contributed by atoms with Crippen molar-refractivity contribution in [3.63, 3.8) is 0 Å². The van der Waals surface area contributed by atoms with Crippen LogP contribution in [0, 0.1) is 0 Å². The quantitative estimate of drug-likeness (QED) is 0.406. The van der Waals surface area contributed by atoms with Gasteiger partial charge in [0.15, 0.2) is 0 Å². The van der Waals surface area contributed by atoms with Crippen LogP contribution in [0.1, 0.15) is 148 Å². The Morgan fingerprint density at radius 1 is 0.280 bits per heavy atom. The summed E-state index contributed by atoms with van der Waals surface area (Å²) < 4.78 is 13.2. The molecule has 0 spiro atoms. The van der Waals surface area contributed by atoms with Gasteiger partial charge >= 0.3 is 0 Å². The molecule has 0 aromatic rings. The van der Waals surface area contributed by atoms with Crippen molar-refractivity contribution >= 4 is 0 Å². The van der Waals surface area contributed by atoms with Crippen LogP contribution in [0.2, 0.25) is 0 Å². The molecule has 1 heteroatoms. The summed E-state index contributed by atoms with van der Waals surface area (Å²) in [6.45, 7) is 0. The van der Waals surface area contributed by atoms with Gasteiger partial charge in [-0.3, -0.25) is 0 Å². The van der Waals surface area contributed by atoms with E-state index in [0.29, 0.717) is 0 Å². The predicted octanol–water partition coefficient (Wildman–Crippen LogP) is 9.31. The van der Waals surface area contributed by atoms with E-state index in [2.05, 4.69) is 0 Å². The maximum atomic E-state index is 13.2. The van der Waals surface area contributed by atoms with Gasteiger partial charge in [0.1, 0.15) is 6.17 Å². The van der Waals surface area contributed by atoms with Crippen LogP contribution in [-0.2, 0) is 0 Å². The lowest BCUT2D eigenvalue weighted by Crippen LogP contribution is -2.00. The van der Waals surface area contributed by atoms with Crippen LogP contribution in [0.3, 0.4) is 0 Å². The Bertz CT molecular complexity index is 195. The summed E-state index contributed by atoms with van der Waals surface area (Å²) in [6, 6.07) is 0. The lowest BCUT2D eigenvalue weighted by atomic mass is 10.0. The fourth-order valence-corrected chi connectivity index (χ4v) is 4.23. The topological polar surface area (TPSA) is 0 Å². The predicted molar refractivity (Wildman–Crippen MR) is 111 cm³/mol. The first-order valence-electron chi connectivity index (χ1n) is 12.0. The summed E-state index contributed by atoms with van der Waals surface area (Å²) in [6.07, 6.45) is 30.7. The second-order valence-electron chi connectivity index (χ2n) is 8.60. The monoisotopic (exact) mass is 354 g/mol. The van der Waals surface area contributed by atoms with Crippen LogP contribution in [0.25, 0.3) is 0 Å². The Labute approximate surface area is 158 Å². The molecule has 0 heterocycles. The molecule has 0 atom stereocenters. The summed E-state index contributed by atoms with van der Waals surface area (Å²) >= 11 is 0. The van der Waals surface area contributed by atoms with Gasteiger partial charge in [-0.15, -0.1) is 0 Å². The molecule has 0 aromatic heterocycles. The molecule has 0 nitrogen and oxygen atoms in total. The van der Waals surface area contributed by atoms with Crippen LogP contribution in [0.4, 0.5) is 4.39 Å². The fraction of sp³-hybridized carbons (Fsp3) is 1.00. The molecular weight excluding hydrogens is 307 g/mol. The molecular formula is C24H47F. The highest BCUT2D eigenvalue weighted by molar-refractivity contribution is 4.59. The first-order chi connectivity index (χ1) is 12.4. The highest BCUT2D eigenvalue weighted by atomic mass is 19.1. The number of halogens is 1. The van der Waals surface area contributed by atoms with E-state index in [1.807, 2.05) is 0 Å². The maximum Gasteiger partial charge on any atom is 0.100 e. The molecule has 0 aliphatic heterocycles. The van der Waals surface area contributed by atoms with Gasteiger partial charge in [-0.05, 0) is 12.8 Å². The Morgan fingerprint density at radius 3 is 0.640 bits per heavy atom. The largest absolute Gasteiger partial charge is 0.247 e. The molecule has 0 N–H and O–H groups in total. The van der Waals surface area contributed by atoms with Crippen molar-refractivity contribution in [2.75, 3.05) is 0 Å². The molecule has 2 aliphatic carbocycles. The number of hydrogen-bond donors (Lipinski definition) is 0. The lowest BCUT2D eigenvalue weighted by Gasteiger charge is -2.09. The van der Waals surface area contributed by atoms with E-state index in [9.17, 15) is 4.39 Å². The minimum absolute atomic E-state index is 0.501. The smallest absolute Gasteiger partial charge is 0.100 e. The number of rotatable bonds is 0. The third-order valence-corrected chi connectivity index (χ3v) is 6.03. The van der Waals surface area contributed by atoms with Crippen molar-refractivity contribution in [1.82, 2.24) is 0 Å². The Hall–Kier alpha value is -0.0700. The molecule has 0 bridgehead atoms. The summed E-state index contributed by atoms with van der Waals surface area (Å²) in [4.78, 5) is 0. The van der Waals surface area contributed by atoms with E-state index in [4.69, 9.17) is 0 Å². The zero-order chi connectivity index (χ0) is 17.8. The molecule has 0 unspecified atom stereocenters. The SMILES string of the molecule is C1CCCCCCCCCCC1.FC1CCCCCCCCCCC1. The molecule has 0 saturated heterocycles. The van der Waals surface area contributed by atoms with E-state index in [1.165, 1.54) is 122 Å². The zero-order valence-corrected chi connectivity index (χ0v) is 17.2. The molecule has 2 aliphatic rings. The van der Waals surface area contributed by atoms with Crippen molar-refractivity contribution in [2.24, 2.45) is 0 Å². The third-order valence-electron chi connectivity index (χ3n) is 6.03. The van der Waals surface area contributed by atoms with Gasteiger partial charge in [0.2, 0.25) is 0 Å². The molecule has 25 heavy (non-hydrogen) atoms. The van der Waals surface area contributed by atoms with E-state index in [-0.39, 0.29) is 0 Å². The summed E-state index contributed by atoms with van der Waals surface area (Å²) in [5.74, 6) is 0. The molecule has 0 radical (unpaired) electrons. The van der Waals surface area contributed by atoms with E-state index >= 15 is 0 Å². The Kier molecular flexibility index (Phi) is 17.2. The molecule has 2 saturated carbocycles. The second kappa shape index (κ2) is 18.7. The Balaban J connectivity index is 0.000000251. The minimum atomic E-state index is -0.501. The van der Waals surface area contributed by atoms with Gasteiger partial charge in [0, 0.05) is 0 Å². The number of hydrogen-bond acceptors (Lipinski definition) is 0. The van der Waals surface area contributed by atoms with Gasteiger partial charge in [-0.25, -0.2) is 4.39 Å². The van der Waals surface area contributed by atoms with Gasteiger partial charge < -0.3 is 0 Å². The van der Waals surface area contributed by atoms with E-state index in [0.717, 1.165) is 25.7 Å². The molecule has 2 fully saturated rings. The van der Waals surface area contributed by atoms with Crippen molar-refractivity contribution in [3.8, 4) is 0 Å². The summed E-state index contributed by atoms with van der Waals surface area (Å²) in [7, 11) is 0. The van der Waals surface area contributed by atoms with Gasteiger partial charge in [-0.1, -0.05) is 135 Å². The van der Waals surface area contributed by atoms with Crippen LogP contribution in [-0.4, -0.2) is 6.17 Å². The molecule has 150 valence electrons. The molecule has 2 rings (SSSR count). The third kappa shape index (κ3) is 17.1. The Morgan fingerprint density at radius 2 is 0.440 bits per heavy atom. The standard InChI is InChI=1S/C12H23F.C12H24/c13-12-10-8-6-4-2-1-3-5-7-9-11-12;1-2-4-6-8-10-12-11-9-7-5-3-1/h12H,1-11H2;1-12H2. The first-order valence-corrected chi connectivity index (χ1v) is 12.0. The van der Waals surface area contributed by atoms with Crippen molar-refractivity contribution < 1.29 is 4.39 Å². The van der Waals surface area contributed by atoms with Crippen LogP contribution in [0.5, 0.6) is 0 Å². The van der Waals surface area contributed by atoms with Crippen molar-refractivity contribution in [2.45, 2.75) is 154 Å². The molecule has 0 amide bonds. The van der Waals surface area contributed by atoms with E-state index < -0.39 is 6.17 Å². The fourth-order valence-electron chi connectivity index (χ4n) is 4.23. The normalized spacial score (nSPS) is 24.4. The number of alkyl halides is 1. The van der Waals surface area contributed by atoms with Gasteiger partial charge in [-0.2, -0.15) is 0 Å². The minimum Gasteiger partial charge on any atom is -0.247 e. The van der Waals surface area contributed by atoms with E-state index in [1.54, 1.807) is 0 Å². The van der Waals surface area contributed by atoms with Crippen LogP contribution >= 0.6 is 0 Å². The lowest BCUT2D eigenvalue weighted by molar-refractivity contribution is 0.277. The summed E-state index contributed by atoms with van der Waals surface area (Å²) in [5, 5.41) is 0. The average molecular weight is 355 g/mol. The summed E-state index contributed by atoms with van der Waals surface area (Å²) in [5.41, 5.74) is 0. The highest BCUT2D eigenvalue weighted by Crippen LogP contribution is 2.18. The highest BCUT2D eigenvalue weighted by Gasteiger charge is 2.06. The van der Waals surface area contributed by atoms with Crippen LogP contribution < -0.4 is 0 Å². The maximum absolute atomic E-state index is 13.2. The second-order valence-corrected chi connectivity index (χ2v) is 8.60. The van der Waals surface area contributed by atoms with Crippen molar-refractivity contribution in [1.29, 1.82) is 0 Å². The zero-order valence-electron chi connectivity index (χ0n) is 17.2. The average Bonchev–Trinajstić information content (AvgIpc) is 2.59. The first kappa shape index (κ1) is 23.0.